The summed E-state index contributed by atoms with van der Waals surface area (Å²) in [6, 6.07) is 3.99. The summed E-state index contributed by atoms with van der Waals surface area (Å²) >= 11 is 0. The second kappa shape index (κ2) is 3.81. The minimum atomic E-state index is 0.282. The summed E-state index contributed by atoms with van der Waals surface area (Å²) in [4.78, 5) is 4.16. The van der Waals surface area contributed by atoms with Gasteiger partial charge in [0.05, 0.1) is 6.54 Å². The van der Waals surface area contributed by atoms with Gasteiger partial charge in [0, 0.05) is 5.69 Å². The van der Waals surface area contributed by atoms with Crippen molar-refractivity contribution in [3.05, 3.63) is 23.3 Å². The molecule has 0 saturated heterocycles. The monoisotopic (exact) mass is 206 g/mol. The molecule has 15 heavy (non-hydrogen) atoms. The Morgan fingerprint density at radius 1 is 1.33 bits per heavy atom. The van der Waals surface area contributed by atoms with E-state index in [0.29, 0.717) is 19.2 Å². The van der Waals surface area contributed by atoms with Gasteiger partial charge in [-0.15, -0.1) is 0 Å². The van der Waals surface area contributed by atoms with Gasteiger partial charge in [0.15, 0.2) is 0 Å². The Morgan fingerprint density at radius 3 is 2.53 bits per heavy atom. The predicted molar refractivity (Wildman–Crippen MR) is 59.5 cm³/mol. The highest BCUT2D eigenvalue weighted by Crippen LogP contribution is 2.25. The lowest BCUT2D eigenvalue weighted by Gasteiger charge is -2.12. The first-order valence-corrected chi connectivity index (χ1v) is 4.91. The average Bonchev–Trinajstić information content (AvgIpc) is 2.63. The molecule has 0 unspecified atom stereocenters. The first kappa shape index (κ1) is 9.83. The van der Waals surface area contributed by atoms with Gasteiger partial charge in [0.25, 0.3) is 6.02 Å². The summed E-state index contributed by atoms with van der Waals surface area (Å²) in [6.45, 7) is 5.21. The number of hydrogen-bond donors (Lipinski definition) is 2. The zero-order valence-corrected chi connectivity index (χ0v) is 8.87. The van der Waals surface area contributed by atoms with Crippen molar-refractivity contribution >= 4 is 11.7 Å². The highest BCUT2D eigenvalue weighted by Gasteiger charge is 2.11. The molecule has 1 aromatic carbocycles. The number of aromatic hydroxyl groups is 1. The molecule has 2 rings (SSSR count). The number of aliphatic imine (C=N–C) groups is 1. The molecule has 2 N–H and O–H groups in total. The topological polar surface area (TPSA) is 53.8 Å². The summed E-state index contributed by atoms with van der Waals surface area (Å²) < 4.78 is 5.27. The van der Waals surface area contributed by atoms with Crippen molar-refractivity contribution in [1.82, 2.24) is 0 Å². The third-order valence-electron chi connectivity index (χ3n) is 2.33. The lowest BCUT2D eigenvalue weighted by molar-refractivity contribution is 0.346. The fourth-order valence-electron chi connectivity index (χ4n) is 1.66. The van der Waals surface area contributed by atoms with Gasteiger partial charge in [0.2, 0.25) is 0 Å². The summed E-state index contributed by atoms with van der Waals surface area (Å²) in [5, 5.41) is 12.5. The smallest absolute Gasteiger partial charge is 0.289 e. The van der Waals surface area contributed by atoms with E-state index in [2.05, 4.69) is 10.3 Å². The zero-order chi connectivity index (χ0) is 10.8. The van der Waals surface area contributed by atoms with Gasteiger partial charge in [0.1, 0.15) is 12.4 Å². The number of benzene rings is 1. The van der Waals surface area contributed by atoms with E-state index in [1.165, 1.54) is 0 Å². The quantitative estimate of drug-likeness (QED) is 0.689. The number of phenolic OH excluding ortho intramolecular Hbond substituents is 1. The van der Waals surface area contributed by atoms with Crippen LogP contribution in [0.25, 0.3) is 0 Å². The largest absolute Gasteiger partial charge is 0.508 e. The second-order valence-corrected chi connectivity index (χ2v) is 3.61. The number of nitrogens with one attached hydrogen (secondary N) is 1. The van der Waals surface area contributed by atoms with Crippen molar-refractivity contribution in [2.75, 3.05) is 18.5 Å². The molecule has 0 aromatic heterocycles. The van der Waals surface area contributed by atoms with E-state index in [-0.39, 0.29) is 5.75 Å². The highest BCUT2D eigenvalue weighted by molar-refractivity contribution is 5.91. The van der Waals surface area contributed by atoms with E-state index >= 15 is 0 Å². The molecule has 4 nitrogen and oxygen atoms in total. The van der Waals surface area contributed by atoms with Gasteiger partial charge in [-0.2, -0.15) is 0 Å². The minimum absolute atomic E-state index is 0.282. The van der Waals surface area contributed by atoms with Crippen LogP contribution < -0.4 is 5.32 Å². The summed E-state index contributed by atoms with van der Waals surface area (Å²) in [5.74, 6) is 0.282. The SMILES string of the molecule is Cc1cc(O)cc(C)c1NC1=NCCO1. The molecule has 0 atom stereocenters. The molecule has 1 aliphatic heterocycles. The molecule has 0 bridgehead atoms. The molecular weight excluding hydrogens is 192 g/mol. The number of phenols is 1. The molecule has 0 amide bonds. The Bertz CT molecular complexity index is 390. The number of nitrogens with zero attached hydrogens (tertiary/aromatic N) is 1. The average molecular weight is 206 g/mol. The van der Waals surface area contributed by atoms with Crippen LogP contribution in [0.4, 0.5) is 5.69 Å². The van der Waals surface area contributed by atoms with Crippen LogP contribution in [0.15, 0.2) is 17.1 Å². The Kier molecular flexibility index (Phi) is 2.49. The summed E-state index contributed by atoms with van der Waals surface area (Å²) in [7, 11) is 0. The van der Waals surface area contributed by atoms with Crippen LogP contribution >= 0.6 is 0 Å². The maximum absolute atomic E-state index is 9.39. The standard InChI is InChI=1S/C11H14N2O2/c1-7-5-9(14)6-8(2)10(7)13-11-12-3-4-15-11/h5-6,14H,3-4H2,1-2H3,(H,12,13). The number of amidine groups is 1. The number of anilines is 1. The minimum Gasteiger partial charge on any atom is -0.508 e. The molecule has 1 heterocycles. The highest BCUT2D eigenvalue weighted by atomic mass is 16.5. The first-order valence-electron chi connectivity index (χ1n) is 4.91. The Hall–Kier alpha value is -1.71. The molecule has 0 saturated carbocycles. The molecule has 0 spiro atoms. The Balaban J connectivity index is 2.27. The number of rotatable bonds is 1. The van der Waals surface area contributed by atoms with Gasteiger partial charge in [-0.05, 0) is 37.1 Å². The lowest BCUT2D eigenvalue weighted by atomic mass is 10.1. The van der Waals surface area contributed by atoms with Gasteiger partial charge in [-0.3, -0.25) is 0 Å². The maximum atomic E-state index is 9.39. The van der Waals surface area contributed by atoms with Crippen molar-refractivity contribution in [2.24, 2.45) is 4.99 Å². The molecule has 80 valence electrons. The van der Waals surface area contributed by atoms with Crippen molar-refractivity contribution in [1.29, 1.82) is 0 Å². The first-order chi connectivity index (χ1) is 7.16. The molecular formula is C11H14N2O2. The van der Waals surface area contributed by atoms with Crippen molar-refractivity contribution in [3.63, 3.8) is 0 Å². The number of aryl methyl sites for hydroxylation is 2. The van der Waals surface area contributed by atoms with Crippen molar-refractivity contribution in [2.45, 2.75) is 13.8 Å². The number of hydrogen-bond acceptors (Lipinski definition) is 4. The van der Waals surface area contributed by atoms with Crippen LogP contribution in [0.1, 0.15) is 11.1 Å². The van der Waals surface area contributed by atoms with Crippen LogP contribution in [0.5, 0.6) is 5.75 Å². The van der Waals surface area contributed by atoms with E-state index < -0.39 is 0 Å². The molecule has 0 fully saturated rings. The van der Waals surface area contributed by atoms with Gasteiger partial charge in [-0.25, -0.2) is 4.99 Å². The summed E-state index contributed by atoms with van der Waals surface area (Å²) in [6.07, 6.45) is 0. The van der Waals surface area contributed by atoms with Gasteiger partial charge >= 0.3 is 0 Å². The molecule has 0 aliphatic carbocycles. The van der Waals surface area contributed by atoms with E-state index in [4.69, 9.17) is 4.74 Å². The normalized spacial score (nSPS) is 14.7. The lowest BCUT2D eigenvalue weighted by Crippen LogP contribution is -2.13. The zero-order valence-electron chi connectivity index (χ0n) is 8.87. The predicted octanol–water partition coefficient (Wildman–Crippen LogP) is 1.81. The number of ether oxygens (including phenoxy) is 1. The fraction of sp³-hybridized carbons (Fsp3) is 0.364. The molecule has 0 radical (unpaired) electrons. The van der Waals surface area contributed by atoms with Gasteiger partial charge in [-0.1, -0.05) is 0 Å². The van der Waals surface area contributed by atoms with Crippen molar-refractivity contribution in [3.8, 4) is 5.75 Å². The van der Waals surface area contributed by atoms with Gasteiger partial charge < -0.3 is 15.2 Å². The van der Waals surface area contributed by atoms with E-state index in [1.807, 2.05) is 13.8 Å². The molecule has 1 aromatic rings. The van der Waals surface area contributed by atoms with E-state index in [0.717, 1.165) is 16.8 Å². The Morgan fingerprint density at radius 2 is 2.00 bits per heavy atom. The van der Waals surface area contributed by atoms with Crippen molar-refractivity contribution < 1.29 is 9.84 Å². The third kappa shape index (κ3) is 2.03. The molecule has 1 aliphatic rings. The van der Waals surface area contributed by atoms with Crippen LogP contribution in [0.3, 0.4) is 0 Å². The van der Waals surface area contributed by atoms with E-state index in [1.54, 1.807) is 12.1 Å². The third-order valence-corrected chi connectivity index (χ3v) is 2.33. The van der Waals surface area contributed by atoms with Crippen LogP contribution in [-0.2, 0) is 4.74 Å². The molecule has 4 heteroatoms. The van der Waals surface area contributed by atoms with E-state index in [9.17, 15) is 5.11 Å². The fourth-order valence-corrected chi connectivity index (χ4v) is 1.66. The summed E-state index contributed by atoms with van der Waals surface area (Å²) in [5.41, 5.74) is 2.91. The van der Waals surface area contributed by atoms with Crippen LogP contribution in [-0.4, -0.2) is 24.3 Å². The Labute approximate surface area is 88.6 Å². The maximum Gasteiger partial charge on any atom is 0.289 e. The second-order valence-electron chi connectivity index (χ2n) is 3.61. The van der Waals surface area contributed by atoms with Crippen LogP contribution in [0, 0.1) is 13.8 Å². The van der Waals surface area contributed by atoms with Crippen LogP contribution in [0.2, 0.25) is 0 Å².